The van der Waals surface area contributed by atoms with E-state index in [-0.39, 0.29) is 23.5 Å². The number of carbonyl (C=O) groups excluding carboxylic acids is 1. The summed E-state index contributed by atoms with van der Waals surface area (Å²) < 4.78 is 5.87. The van der Waals surface area contributed by atoms with Crippen molar-refractivity contribution in [3.05, 3.63) is 0 Å². The summed E-state index contributed by atoms with van der Waals surface area (Å²) >= 11 is 0. The van der Waals surface area contributed by atoms with Crippen LogP contribution in [0.4, 0.5) is 0 Å². The predicted molar refractivity (Wildman–Crippen MR) is 62.1 cm³/mol. The van der Waals surface area contributed by atoms with Gasteiger partial charge in [-0.25, -0.2) is 0 Å². The number of likely N-dealkylation sites (tertiary alicyclic amines) is 1. The Hall–Kier alpha value is -0.610. The highest BCUT2D eigenvalue weighted by atomic mass is 16.5. The van der Waals surface area contributed by atoms with Crippen LogP contribution in [0.5, 0.6) is 0 Å². The third kappa shape index (κ3) is 3.19. The summed E-state index contributed by atoms with van der Waals surface area (Å²) in [6.45, 7) is 9.21. The molecule has 1 amide bonds. The van der Waals surface area contributed by atoms with Crippen LogP contribution in [-0.4, -0.2) is 47.8 Å². The lowest BCUT2D eigenvalue weighted by molar-refractivity contribution is -0.145. The monoisotopic (exact) mass is 229 g/mol. The maximum atomic E-state index is 11.4. The molecule has 0 aliphatic carbocycles. The van der Waals surface area contributed by atoms with Crippen molar-refractivity contribution in [2.45, 2.75) is 46.3 Å². The minimum atomic E-state index is -0.397. The van der Waals surface area contributed by atoms with E-state index in [9.17, 15) is 4.79 Å². The summed E-state index contributed by atoms with van der Waals surface area (Å²) in [6, 6.07) is 0. The first kappa shape index (κ1) is 13.5. The fourth-order valence-electron chi connectivity index (χ4n) is 2.23. The molecule has 1 aliphatic rings. The van der Waals surface area contributed by atoms with E-state index in [4.69, 9.17) is 9.84 Å². The van der Waals surface area contributed by atoms with E-state index in [0.717, 1.165) is 6.42 Å². The summed E-state index contributed by atoms with van der Waals surface area (Å²) in [4.78, 5) is 13.1. The molecule has 1 rings (SSSR count). The van der Waals surface area contributed by atoms with Gasteiger partial charge >= 0.3 is 0 Å². The highest BCUT2D eigenvalue weighted by molar-refractivity contribution is 5.77. The van der Waals surface area contributed by atoms with E-state index in [1.807, 2.05) is 13.8 Å². The van der Waals surface area contributed by atoms with Crippen LogP contribution < -0.4 is 0 Å². The topological polar surface area (TPSA) is 49.8 Å². The van der Waals surface area contributed by atoms with Crippen molar-refractivity contribution in [2.24, 2.45) is 5.41 Å². The van der Waals surface area contributed by atoms with Gasteiger partial charge in [0.05, 0.1) is 12.2 Å². The Morgan fingerprint density at radius 3 is 2.62 bits per heavy atom. The molecule has 4 heteroatoms. The molecule has 94 valence electrons. The van der Waals surface area contributed by atoms with Gasteiger partial charge in [-0.1, -0.05) is 13.8 Å². The Bertz CT molecular complexity index is 251. The lowest BCUT2D eigenvalue weighted by atomic mass is 9.81. The second-order valence-corrected chi connectivity index (χ2v) is 5.42. The van der Waals surface area contributed by atoms with Crippen molar-refractivity contribution in [1.29, 1.82) is 0 Å². The number of aliphatic hydroxyl groups excluding tert-OH is 1. The predicted octanol–water partition coefficient (Wildman–Crippen LogP) is 1.03. The standard InChI is InChI=1S/C12H23NO3/c1-9(2)16-10-5-6-13(11(15)7-14)8-12(10,3)4/h9-10,14H,5-8H2,1-4H3/t10-/m0/s1. The molecule has 1 aliphatic heterocycles. The molecule has 1 N–H and O–H groups in total. The van der Waals surface area contributed by atoms with Gasteiger partial charge in [0.25, 0.3) is 0 Å². The van der Waals surface area contributed by atoms with Gasteiger partial charge in [0, 0.05) is 18.5 Å². The van der Waals surface area contributed by atoms with Crippen LogP contribution in [0.3, 0.4) is 0 Å². The number of rotatable bonds is 3. The number of nitrogens with zero attached hydrogens (tertiary/aromatic N) is 1. The van der Waals surface area contributed by atoms with Crippen LogP contribution in [-0.2, 0) is 9.53 Å². The van der Waals surface area contributed by atoms with Crippen LogP contribution >= 0.6 is 0 Å². The number of hydrogen-bond acceptors (Lipinski definition) is 3. The molecule has 0 aromatic rings. The summed E-state index contributed by atoms with van der Waals surface area (Å²) in [6.07, 6.45) is 1.25. The normalized spacial score (nSPS) is 24.9. The molecule has 0 radical (unpaired) electrons. The van der Waals surface area contributed by atoms with E-state index in [0.29, 0.717) is 13.1 Å². The van der Waals surface area contributed by atoms with E-state index in [1.54, 1.807) is 4.90 Å². The quantitative estimate of drug-likeness (QED) is 0.786. The number of carbonyl (C=O) groups is 1. The van der Waals surface area contributed by atoms with Crippen LogP contribution in [0.1, 0.15) is 34.1 Å². The number of piperidine rings is 1. The second-order valence-electron chi connectivity index (χ2n) is 5.42. The van der Waals surface area contributed by atoms with Gasteiger partial charge < -0.3 is 14.7 Å². The number of ether oxygens (including phenoxy) is 1. The Morgan fingerprint density at radius 2 is 2.19 bits per heavy atom. The number of hydrogen-bond donors (Lipinski definition) is 1. The SMILES string of the molecule is CC(C)O[C@H]1CCN(C(=O)CO)CC1(C)C. The lowest BCUT2D eigenvalue weighted by Crippen LogP contribution is -2.52. The molecule has 0 unspecified atom stereocenters. The summed E-state index contributed by atoms with van der Waals surface area (Å²) in [7, 11) is 0. The van der Waals surface area contributed by atoms with Gasteiger partial charge in [0.15, 0.2) is 0 Å². The zero-order chi connectivity index (χ0) is 12.3. The fraction of sp³-hybridized carbons (Fsp3) is 0.917. The van der Waals surface area contributed by atoms with Crippen molar-refractivity contribution in [1.82, 2.24) is 4.90 Å². The van der Waals surface area contributed by atoms with Gasteiger partial charge in [-0.2, -0.15) is 0 Å². The highest BCUT2D eigenvalue weighted by Gasteiger charge is 2.38. The van der Waals surface area contributed by atoms with Gasteiger partial charge in [-0.05, 0) is 20.3 Å². The van der Waals surface area contributed by atoms with Crippen molar-refractivity contribution in [2.75, 3.05) is 19.7 Å². The fourth-order valence-corrected chi connectivity index (χ4v) is 2.23. The minimum Gasteiger partial charge on any atom is -0.387 e. The largest absolute Gasteiger partial charge is 0.387 e. The molecule has 1 fully saturated rings. The lowest BCUT2D eigenvalue weighted by Gasteiger charge is -2.44. The smallest absolute Gasteiger partial charge is 0.248 e. The molecular formula is C12H23NO3. The van der Waals surface area contributed by atoms with Crippen LogP contribution in [0.15, 0.2) is 0 Å². The molecular weight excluding hydrogens is 206 g/mol. The maximum absolute atomic E-state index is 11.4. The molecule has 0 saturated carbocycles. The molecule has 0 bridgehead atoms. The maximum Gasteiger partial charge on any atom is 0.248 e. The molecule has 1 heterocycles. The third-order valence-electron chi connectivity index (χ3n) is 3.06. The van der Waals surface area contributed by atoms with Crippen LogP contribution in [0.2, 0.25) is 0 Å². The third-order valence-corrected chi connectivity index (χ3v) is 3.06. The molecule has 4 nitrogen and oxygen atoms in total. The Balaban J connectivity index is 2.61. The Morgan fingerprint density at radius 1 is 1.56 bits per heavy atom. The molecule has 1 atom stereocenters. The van der Waals surface area contributed by atoms with Crippen molar-refractivity contribution in [3.63, 3.8) is 0 Å². The average Bonchev–Trinajstić information content (AvgIpc) is 2.19. The summed E-state index contributed by atoms with van der Waals surface area (Å²) in [5.74, 6) is -0.184. The van der Waals surface area contributed by atoms with Crippen molar-refractivity contribution in [3.8, 4) is 0 Å². The summed E-state index contributed by atoms with van der Waals surface area (Å²) in [5, 5.41) is 8.85. The van der Waals surface area contributed by atoms with E-state index < -0.39 is 6.61 Å². The van der Waals surface area contributed by atoms with E-state index in [1.165, 1.54) is 0 Å². The first-order chi connectivity index (χ1) is 7.36. The minimum absolute atomic E-state index is 0.0483. The van der Waals surface area contributed by atoms with E-state index >= 15 is 0 Å². The van der Waals surface area contributed by atoms with Gasteiger partial charge in [0.2, 0.25) is 5.91 Å². The molecule has 0 aromatic carbocycles. The Kier molecular flexibility index (Phi) is 4.33. The van der Waals surface area contributed by atoms with E-state index in [2.05, 4.69) is 13.8 Å². The highest BCUT2D eigenvalue weighted by Crippen LogP contribution is 2.32. The second kappa shape index (κ2) is 5.15. The first-order valence-electron chi connectivity index (χ1n) is 5.91. The Labute approximate surface area is 97.6 Å². The van der Waals surface area contributed by atoms with Gasteiger partial charge in [0.1, 0.15) is 6.61 Å². The van der Waals surface area contributed by atoms with Gasteiger partial charge in [-0.15, -0.1) is 0 Å². The first-order valence-corrected chi connectivity index (χ1v) is 5.91. The van der Waals surface area contributed by atoms with Crippen molar-refractivity contribution < 1.29 is 14.6 Å². The number of aliphatic hydroxyl groups is 1. The average molecular weight is 229 g/mol. The summed E-state index contributed by atoms with van der Waals surface area (Å²) in [5.41, 5.74) is -0.0483. The van der Waals surface area contributed by atoms with Gasteiger partial charge in [-0.3, -0.25) is 4.79 Å². The molecule has 0 spiro atoms. The number of amides is 1. The zero-order valence-corrected chi connectivity index (χ0v) is 10.7. The van der Waals surface area contributed by atoms with Crippen LogP contribution in [0, 0.1) is 5.41 Å². The zero-order valence-electron chi connectivity index (χ0n) is 10.7. The molecule has 1 saturated heterocycles. The molecule has 16 heavy (non-hydrogen) atoms. The molecule has 0 aromatic heterocycles. The van der Waals surface area contributed by atoms with Crippen molar-refractivity contribution >= 4 is 5.91 Å². The van der Waals surface area contributed by atoms with Crippen LogP contribution in [0.25, 0.3) is 0 Å².